The third-order valence-corrected chi connectivity index (χ3v) is 3.93. The third-order valence-electron chi connectivity index (χ3n) is 3.93. The van der Waals surface area contributed by atoms with Gasteiger partial charge < -0.3 is 15.2 Å². The Balaban J connectivity index is 1.73. The lowest BCUT2D eigenvalue weighted by molar-refractivity contribution is -0.122. The number of methoxy groups -OCH3 is 1. The van der Waals surface area contributed by atoms with E-state index in [1.54, 1.807) is 68.0 Å². The number of nitrogens with one attached hydrogen (secondary N) is 1. The van der Waals surface area contributed by atoms with Crippen molar-refractivity contribution in [3.8, 4) is 16.9 Å². The molecular weight excluding hydrogens is 376 g/mol. The summed E-state index contributed by atoms with van der Waals surface area (Å²) in [5.74, 6) is -0.0687. The monoisotopic (exact) mass is 396 g/mol. The van der Waals surface area contributed by atoms with E-state index in [0.717, 1.165) is 21.8 Å². The highest BCUT2D eigenvalue weighted by Gasteiger charge is 2.20. The number of ether oxygens (including phenoxy) is 2. The molecule has 29 heavy (non-hydrogen) atoms. The van der Waals surface area contributed by atoms with Gasteiger partial charge in [-0.3, -0.25) is 14.7 Å². The standard InChI is InChI=1S/C20H20N4O5/c1-27-18-4-2-3-14(9-18)12-28-20(26)24(29-13-19(21)25)17-7-5-15(6-8-17)16-10-22-23-11-16/h2-11H,12-13H2,1H3,(H2,21,25)(H,22,23). The number of benzene rings is 2. The second kappa shape index (κ2) is 9.38. The normalized spacial score (nSPS) is 10.4. The van der Waals surface area contributed by atoms with Crippen LogP contribution in [0.3, 0.4) is 0 Å². The van der Waals surface area contributed by atoms with Gasteiger partial charge in [0.2, 0.25) is 5.91 Å². The van der Waals surface area contributed by atoms with Gasteiger partial charge in [-0.2, -0.15) is 10.2 Å². The van der Waals surface area contributed by atoms with Gasteiger partial charge in [0.1, 0.15) is 12.4 Å². The van der Waals surface area contributed by atoms with Crippen molar-refractivity contribution in [2.45, 2.75) is 6.61 Å². The van der Waals surface area contributed by atoms with Crippen molar-refractivity contribution in [1.82, 2.24) is 10.2 Å². The number of hydrogen-bond acceptors (Lipinski definition) is 6. The topological polar surface area (TPSA) is 120 Å². The molecule has 9 heteroatoms. The maximum Gasteiger partial charge on any atom is 0.439 e. The van der Waals surface area contributed by atoms with E-state index in [-0.39, 0.29) is 6.61 Å². The van der Waals surface area contributed by atoms with Crippen molar-refractivity contribution >= 4 is 17.7 Å². The van der Waals surface area contributed by atoms with Crippen LogP contribution in [0.5, 0.6) is 5.75 Å². The number of hydrogen-bond donors (Lipinski definition) is 2. The van der Waals surface area contributed by atoms with Gasteiger partial charge in [0.05, 0.1) is 19.0 Å². The third kappa shape index (κ3) is 5.33. The van der Waals surface area contributed by atoms with E-state index in [1.807, 2.05) is 0 Å². The van der Waals surface area contributed by atoms with Crippen LogP contribution >= 0.6 is 0 Å². The molecule has 3 aromatic rings. The highest BCUT2D eigenvalue weighted by atomic mass is 16.7. The first-order valence-electron chi connectivity index (χ1n) is 8.67. The highest BCUT2D eigenvalue weighted by Crippen LogP contribution is 2.23. The molecule has 2 amide bonds. The van der Waals surface area contributed by atoms with E-state index in [4.69, 9.17) is 20.0 Å². The van der Waals surface area contributed by atoms with Crippen LogP contribution in [0, 0.1) is 0 Å². The van der Waals surface area contributed by atoms with Crippen molar-refractivity contribution in [3.05, 3.63) is 66.5 Å². The number of H-pyrrole nitrogens is 1. The Morgan fingerprint density at radius 1 is 1.14 bits per heavy atom. The fourth-order valence-corrected chi connectivity index (χ4v) is 2.52. The Labute approximate surface area is 166 Å². The number of aromatic nitrogens is 2. The van der Waals surface area contributed by atoms with E-state index in [1.165, 1.54) is 0 Å². The maximum atomic E-state index is 12.6. The van der Waals surface area contributed by atoms with Gasteiger partial charge in [-0.05, 0) is 35.4 Å². The fourth-order valence-electron chi connectivity index (χ4n) is 2.52. The zero-order valence-electron chi connectivity index (χ0n) is 15.7. The SMILES string of the molecule is COc1cccc(COC(=O)N(OCC(N)=O)c2ccc(-c3cn[nH]c3)cc2)c1. The molecule has 0 saturated carbocycles. The predicted molar refractivity (Wildman–Crippen MR) is 105 cm³/mol. The molecule has 1 heterocycles. The van der Waals surface area contributed by atoms with E-state index >= 15 is 0 Å². The first-order chi connectivity index (χ1) is 14.1. The zero-order chi connectivity index (χ0) is 20.6. The first-order valence-corrected chi connectivity index (χ1v) is 8.67. The molecule has 2 aromatic carbocycles. The smallest absolute Gasteiger partial charge is 0.439 e. The van der Waals surface area contributed by atoms with Crippen molar-refractivity contribution in [3.63, 3.8) is 0 Å². The van der Waals surface area contributed by atoms with Gasteiger partial charge in [-0.1, -0.05) is 24.3 Å². The number of primary amides is 1. The van der Waals surface area contributed by atoms with Crippen LogP contribution in [0.25, 0.3) is 11.1 Å². The number of aromatic amines is 1. The molecule has 9 nitrogen and oxygen atoms in total. The lowest BCUT2D eigenvalue weighted by atomic mass is 10.1. The molecule has 0 aliphatic heterocycles. The summed E-state index contributed by atoms with van der Waals surface area (Å²) in [4.78, 5) is 28.9. The largest absolute Gasteiger partial charge is 0.497 e. The Bertz CT molecular complexity index is 957. The number of carbonyl (C=O) groups is 2. The molecule has 150 valence electrons. The summed E-state index contributed by atoms with van der Waals surface area (Å²) in [6, 6.07) is 14.0. The maximum absolute atomic E-state index is 12.6. The van der Waals surface area contributed by atoms with Gasteiger partial charge >= 0.3 is 6.09 Å². The number of carbonyl (C=O) groups excluding carboxylic acids is 2. The number of hydroxylamine groups is 1. The van der Waals surface area contributed by atoms with E-state index in [0.29, 0.717) is 11.4 Å². The van der Waals surface area contributed by atoms with Crippen LogP contribution in [0.15, 0.2) is 60.9 Å². The molecule has 0 aliphatic rings. The fraction of sp³-hybridized carbons (Fsp3) is 0.150. The molecule has 3 rings (SSSR count). The Hall–Kier alpha value is -3.85. The number of rotatable bonds is 8. The molecule has 0 spiro atoms. The highest BCUT2D eigenvalue weighted by molar-refractivity contribution is 5.86. The molecule has 0 bridgehead atoms. The Morgan fingerprint density at radius 3 is 2.59 bits per heavy atom. The molecule has 1 aromatic heterocycles. The molecule has 0 saturated heterocycles. The van der Waals surface area contributed by atoms with Crippen LogP contribution < -0.4 is 15.5 Å². The van der Waals surface area contributed by atoms with Crippen molar-refractivity contribution in [1.29, 1.82) is 0 Å². The molecule has 0 aliphatic carbocycles. The van der Waals surface area contributed by atoms with Gasteiger partial charge in [0.25, 0.3) is 0 Å². The average molecular weight is 396 g/mol. The van der Waals surface area contributed by atoms with Crippen LogP contribution in [0.1, 0.15) is 5.56 Å². The average Bonchev–Trinajstić information content (AvgIpc) is 3.28. The van der Waals surface area contributed by atoms with Crippen LogP contribution in [0.2, 0.25) is 0 Å². The lowest BCUT2D eigenvalue weighted by Gasteiger charge is -2.21. The van der Waals surface area contributed by atoms with Crippen LogP contribution in [0.4, 0.5) is 10.5 Å². The minimum atomic E-state index is -0.787. The van der Waals surface area contributed by atoms with Gasteiger partial charge in [-0.15, -0.1) is 0 Å². The quantitative estimate of drug-likeness (QED) is 0.565. The molecule has 0 atom stereocenters. The Kier molecular flexibility index (Phi) is 6.43. The summed E-state index contributed by atoms with van der Waals surface area (Å²) in [7, 11) is 1.55. The lowest BCUT2D eigenvalue weighted by Crippen LogP contribution is -2.35. The minimum Gasteiger partial charge on any atom is -0.497 e. The summed E-state index contributed by atoms with van der Waals surface area (Å²) in [6.45, 7) is -0.475. The number of nitrogens with zero attached hydrogens (tertiary/aromatic N) is 2. The molecule has 0 radical (unpaired) electrons. The van der Waals surface area contributed by atoms with E-state index in [9.17, 15) is 9.59 Å². The summed E-state index contributed by atoms with van der Waals surface area (Å²) in [5.41, 5.74) is 8.04. The first kappa shape index (κ1) is 19.9. The summed E-state index contributed by atoms with van der Waals surface area (Å²) >= 11 is 0. The summed E-state index contributed by atoms with van der Waals surface area (Å²) in [5, 5.41) is 7.53. The van der Waals surface area contributed by atoms with Gasteiger partial charge in [0.15, 0.2) is 6.61 Å². The van der Waals surface area contributed by atoms with Crippen molar-refractivity contribution in [2.75, 3.05) is 18.8 Å². The van der Waals surface area contributed by atoms with E-state index in [2.05, 4.69) is 10.2 Å². The van der Waals surface area contributed by atoms with Crippen LogP contribution in [-0.2, 0) is 21.0 Å². The zero-order valence-corrected chi connectivity index (χ0v) is 15.7. The number of nitrogens with two attached hydrogens (primary N) is 1. The Morgan fingerprint density at radius 2 is 1.93 bits per heavy atom. The second-order valence-corrected chi connectivity index (χ2v) is 5.97. The van der Waals surface area contributed by atoms with Crippen LogP contribution in [-0.4, -0.2) is 35.9 Å². The molecular formula is C20H20N4O5. The summed E-state index contributed by atoms with van der Waals surface area (Å²) in [6.07, 6.45) is 2.64. The minimum absolute atomic E-state index is 0.000429. The van der Waals surface area contributed by atoms with E-state index < -0.39 is 18.6 Å². The van der Waals surface area contributed by atoms with Gasteiger partial charge in [0, 0.05) is 11.8 Å². The summed E-state index contributed by atoms with van der Waals surface area (Å²) < 4.78 is 10.5. The van der Waals surface area contributed by atoms with Crippen molar-refractivity contribution in [2.24, 2.45) is 5.73 Å². The number of anilines is 1. The predicted octanol–water partition coefficient (Wildman–Crippen LogP) is 2.65. The molecule has 0 fully saturated rings. The molecule has 0 unspecified atom stereocenters. The molecule has 3 N–H and O–H groups in total. The second-order valence-electron chi connectivity index (χ2n) is 5.97. The van der Waals surface area contributed by atoms with Gasteiger partial charge in [-0.25, -0.2) is 4.79 Å². The number of amides is 2. The van der Waals surface area contributed by atoms with Crippen molar-refractivity contribution < 1.29 is 23.9 Å².